The Bertz CT molecular complexity index is 431. The number of benzene rings is 1. The summed E-state index contributed by atoms with van der Waals surface area (Å²) in [5, 5.41) is 3.55. The van der Waals surface area contributed by atoms with E-state index in [9.17, 15) is 0 Å². The van der Waals surface area contributed by atoms with Crippen molar-refractivity contribution in [3.63, 3.8) is 0 Å². The van der Waals surface area contributed by atoms with Crippen LogP contribution in [0.25, 0.3) is 0 Å². The van der Waals surface area contributed by atoms with Crippen molar-refractivity contribution in [3.05, 3.63) is 29.8 Å². The Morgan fingerprint density at radius 3 is 2.85 bits per heavy atom. The molecule has 0 aliphatic carbocycles. The molecule has 0 bridgehead atoms. The molecule has 1 aromatic carbocycles. The maximum atomic E-state index is 5.84. The molecule has 112 valence electrons. The predicted molar refractivity (Wildman–Crippen MR) is 84.1 cm³/mol. The van der Waals surface area contributed by atoms with Gasteiger partial charge < -0.3 is 10.1 Å². The Morgan fingerprint density at radius 2 is 2.10 bits per heavy atom. The summed E-state index contributed by atoms with van der Waals surface area (Å²) in [7, 11) is 0. The van der Waals surface area contributed by atoms with Gasteiger partial charge in [0.05, 0.1) is 0 Å². The van der Waals surface area contributed by atoms with Gasteiger partial charge in [0.25, 0.3) is 0 Å². The highest BCUT2D eigenvalue weighted by Gasteiger charge is 2.28. The summed E-state index contributed by atoms with van der Waals surface area (Å²) >= 11 is 0. The number of hydrogen-bond donors (Lipinski definition) is 1. The summed E-state index contributed by atoms with van der Waals surface area (Å²) in [4.78, 5) is 2.51. The minimum Gasteiger partial charge on any atom is -0.492 e. The molecule has 0 fully saturated rings. The van der Waals surface area contributed by atoms with Crippen LogP contribution in [-0.2, 0) is 6.54 Å². The zero-order valence-corrected chi connectivity index (χ0v) is 13.3. The van der Waals surface area contributed by atoms with Gasteiger partial charge >= 0.3 is 0 Å². The van der Waals surface area contributed by atoms with Crippen molar-refractivity contribution in [2.75, 3.05) is 26.2 Å². The lowest BCUT2D eigenvalue weighted by Crippen LogP contribution is -2.47. The van der Waals surface area contributed by atoms with E-state index in [0.717, 1.165) is 38.5 Å². The van der Waals surface area contributed by atoms with Crippen molar-refractivity contribution in [1.82, 2.24) is 10.2 Å². The molecule has 1 aliphatic rings. The maximum Gasteiger partial charge on any atom is 0.123 e. The van der Waals surface area contributed by atoms with Crippen LogP contribution in [0.3, 0.4) is 0 Å². The average molecular weight is 276 g/mol. The van der Waals surface area contributed by atoms with Crippen molar-refractivity contribution in [2.45, 2.75) is 40.3 Å². The lowest BCUT2D eigenvalue weighted by Gasteiger charge is -2.37. The number of para-hydroxylation sites is 1. The first-order valence-corrected chi connectivity index (χ1v) is 7.69. The minimum atomic E-state index is 0.245. The van der Waals surface area contributed by atoms with Crippen molar-refractivity contribution < 1.29 is 4.74 Å². The lowest BCUT2D eigenvalue weighted by atomic mass is 9.84. The van der Waals surface area contributed by atoms with E-state index in [-0.39, 0.29) is 5.41 Å². The fraction of sp³-hybridized carbons (Fsp3) is 0.647. The van der Waals surface area contributed by atoms with Crippen LogP contribution in [-0.4, -0.2) is 37.2 Å². The Labute approximate surface area is 123 Å². The van der Waals surface area contributed by atoms with Crippen LogP contribution in [0.2, 0.25) is 0 Å². The van der Waals surface area contributed by atoms with E-state index >= 15 is 0 Å². The summed E-state index contributed by atoms with van der Waals surface area (Å²) in [6.07, 6.45) is 0. The van der Waals surface area contributed by atoms with E-state index in [4.69, 9.17) is 4.74 Å². The van der Waals surface area contributed by atoms with Crippen molar-refractivity contribution >= 4 is 0 Å². The van der Waals surface area contributed by atoms with Crippen LogP contribution in [0.4, 0.5) is 0 Å². The molecule has 1 atom stereocenters. The third kappa shape index (κ3) is 3.74. The van der Waals surface area contributed by atoms with Crippen LogP contribution in [0.5, 0.6) is 5.75 Å². The molecule has 0 saturated carbocycles. The number of rotatable bonds is 5. The van der Waals surface area contributed by atoms with Crippen LogP contribution >= 0.6 is 0 Å². The summed E-state index contributed by atoms with van der Waals surface area (Å²) in [6.45, 7) is 14.0. The maximum absolute atomic E-state index is 5.84. The first kappa shape index (κ1) is 15.3. The average Bonchev–Trinajstić information content (AvgIpc) is 2.59. The van der Waals surface area contributed by atoms with Crippen molar-refractivity contribution in [3.8, 4) is 5.75 Å². The zero-order chi connectivity index (χ0) is 14.6. The fourth-order valence-electron chi connectivity index (χ4n) is 2.81. The number of nitrogens with one attached hydrogen (secondary N) is 1. The van der Waals surface area contributed by atoms with Gasteiger partial charge in [0, 0.05) is 31.2 Å². The molecule has 0 aromatic heterocycles. The second-order valence-corrected chi connectivity index (χ2v) is 6.43. The Morgan fingerprint density at radius 1 is 1.35 bits per heavy atom. The molecular formula is C17H28N2O. The standard InChI is InChI=1S/C17H28N2O/c1-5-18-14(2)17(3,4)13-19-10-11-20-16-9-7-6-8-15(16)12-19/h6-9,14,18H,5,10-13H2,1-4H3. The molecule has 1 aromatic rings. The van der Waals surface area contributed by atoms with E-state index < -0.39 is 0 Å². The van der Waals surface area contributed by atoms with Gasteiger partial charge in [-0.05, 0) is 24.9 Å². The minimum absolute atomic E-state index is 0.245. The van der Waals surface area contributed by atoms with Gasteiger partial charge in [-0.3, -0.25) is 4.90 Å². The summed E-state index contributed by atoms with van der Waals surface area (Å²) in [5.74, 6) is 1.05. The van der Waals surface area contributed by atoms with E-state index in [1.807, 2.05) is 6.07 Å². The van der Waals surface area contributed by atoms with E-state index in [1.165, 1.54) is 5.56 Å². The van der Waals surface area contributed by atoms with E-state index in [2.05, 4.69) is 56.1 Å². The monoisotopic (exact) mass is 276 g/mol. The van der Waals surface area contributed by atoms with Crippen LogP contribution in [0, 0.1) is 5.41 Å². The van der Waals surface area contributed by atoms with Gasteiger partial charge in [-0.25, -0.2) is 0 Å². The Hall–Kier alpha value is -1.06. The van der Waals surface area contributed by atoms with Gasteiger partial charge in [-0.15, -0.1) is 0 Å². The highest BCUT2D eigenvalue weighted by Crippen LogP contribution is 2.27. The van der Waals surface area contributed by atoms with E-state index in [1.54, 1.807) is 0 Å². The molecule has 3 nitrogen and oxygen atoms in total. The van der Waals surface area contributed by atoms with Crippen LogP contribution in [0.15, 0.2) is 24.3 Å². The second kappa shape index (κ2) is 6.59. The molecule has 2 rings (SSSR count). The Balaban J connectivity index is 2.03. The van der Waals surface area contributed by atoms with Gasteiger partial charge in [-0.2, -0.15) is 0 Å². The number of ether oxygens (including phenoxy) is 1. The second-order valence-electron chi connectivity index (χ2n) is 6.43. The zero-order valence-electron chi connectivity index (χ0n) is 13.3. The van der Waals surface area contributed by atoms with Gasteiger partial charge in [0.2, 0.25) is 0 Å². The fourth-order valence-corrected chi connectivity index (χ4v) is 2.81. The molecule has 1 heterocycles. The molecule has 1 aliphatic heterocycles. The smallest absolute Gasteiger partial charge is 0.123 e. The van der Waals surface area contributed by atoms with Crippen LogP contribution < -0.4 is 10.1 Å². The molecule has 0 spiro atoms. The van der Waals surface area contributed by atoms with Crippen LogP contribution in [0.1, 0.15) is 33.3 Å². The van der Waals surface area contributed by atoms with Gasteiger partial charge in [-0.1, -0.05) is 39.0 Å². The highest BCUT2D eigenvalue weighted by molar-refractivity contribution is 5.33. The molecule has 20 heavy (non-hydrogen) atoms. The normalized spacial score (nSPS) is 18.0. The van der Waals surface area contributed by atoms with Crippen molar-refractivity contribution in [1.29, 1.82) is 0 Å². The van der Waals surface area contributed by atoms with Crippen molar-refractivity contribution in [2.24, 2.45) is 5.41 Å². The quantitative estimate of drug-likeness (QED) is 0.895. The first-order valence-electron chi connectivity index (χ1n) is 7.69. The Kier molecular flexibility index (Phi) is 5.06. The molecule has 3 heteroatoms. The molecule has 1 unspecified atom stereocenters. The topological polar surface area (TPSA) is 24.5 Å². The number of hydrogen-bond acceptors (Lipinski definition) is 3. The highest BCUT2D eigenvalue weighted by atomic mass is 16.5. The summed E-state index contributed by atoms with van der Waals surface area (Å²) in [5.41, 5.74) is 1.55. The first-order chi connectivity index (χ1) is 9.53. The third-order valence-corrected chi connectivity index (χ3v) is 4.35. The number of nitrogens with zero attached hydrogens (tertiary/aromatic N) is 1. The largest absolute Gasteiger partial charge is 0.492 e. The molecule has 0 saturated heterocycles. The predicted octanol–water partition coefficient (Wildman–Crippen LogP) is 2.91. The van der Waals surface area contributed by atoms with Gasteiger partial charge in [0.15, 0.2) is 0 Å². The lowest BCUT2D eigenvalue weighted by molar-refractivity contribution is 0.130. The molecular weight excluding hydrogens is 248 g/mol. The number of fused-ring (bicyclic) bond motifs is 1. The molecule has 1 N–H and O–H groups in total. The third-order valence-electron chi connectivity index (χ3n) is 4.35. The van der Waals surface area contributed by atoms with Gasteiger partial charge in [0.1, 0.15) is 12.4 Å². The SMILES string of the molecule is CCNC(C)C(C)(C)CN1CCOc2ccccc2C1. The van der Waals surface area contributed by atoms with E-state index in [0.29, 0.717) is 6.04 Å². The summed E-state index contributed by atoms with van der Waals surface area (Å²) in [6, 6.07) is 8.90. The molecule has 0 amide bonds. The molecule has 0 radical (unpaired) electrons. The summed E-state index contributed by atoms with van der Waals surface area (Å²) < 4.78 is 5.84.